The SMILES string of the molecule is COc1cnc(C(F)(F)F)cc1C(=O)O. The Labute approximate surface area is 82.3 Å². The van der Waals surface area contributed by atoms with Crippen molar-refractivity contribution in [3.63, 3.8) is 0 Å². The van der Waals surface area contributed by atoms with E-state index in [2.05, 4.69) is 9.72 Å². The molecule has 0 radical (unpaired) electrons. The second-order valence-corrected chi connectivity index (χ2v) is 2.57. The fourth-order valence-corrected chi connectivity index (χ4v) is 0.928. The van der Waals surface area contributed by atoms with Crippen LogP contribution < -0.4 is 4.74 Å². The van der Waals surface area contributed by atoms with Crippen LogP contribution in [0.5, 0.6) is 5.75 Å². The highest BCUT2D eigenvalue weighted by molar-refractivity contribution is 5.90. The summed E-state index contributed by atoms with van der Waals surface area (Å²) in [6.07, 6.45) is -3.94. The zero-order chi connectivity index (χ0) is 11.6. The number of aromatic carboxylic acids is 1. The molecular formula is C8H6F3NO3. The van der Waals surface area contributed by atoms with Crippen molar-refractivity contribution in [2.75, 3.05) is 7.11 Å². The smallest absolute Gasteiger partial charge is 0.433 e. The molecule has 0 aliphatic rings. The number of rotatable bonds is 2. The minimum Gasteiger partial charge on any atom is -0.494 e. The molecule has 0 bridgehead atoms. The highest BCUT2D eigenvalue weighted by atomic mass is 19.4. The van der Waals surface area contributed by atoms with Crippen LogP contribution in [0.3, 0.4) is 0 Å². The molecule has 4 nitrogen and oxygen atoms in total. The summed E-state index contributed by atoms with van der Waals surface area (Å²) in [6.45, 7) is 0. The molecule has 15 heavy (non-hydrogen) atoms. The molecule has 0 aliphatic carbocycles. The quantitative estimate of drug-likeness (QED) is 0.827. The standard InChI is InChI=1S/C8H6F3NO3/c1-15-5-3-12-6(8(9,10)11)2-4(5)7(13)14/h2-3H,1H3,(H,13,14). The Hall–Kier alpha value is -1.79. The molecule has 0 spiro atoms. The minimum atomic E-state index is -4.67. The first-order chi connectivity index (χ1) is 6.86. The van der Waals surface area contributed by atoms with Crippen LogP contribution in [-0.2, 0) is 6.18 Å². The summed E-state index contributed by atoms with van der Waals surface area (Å²) < 4.78 is 41.1. The number of carbonyl (C=O) groups is 1. The van der Waals surface area contributed by atoms with Gasteiger partial charge in [-0.05, 0) is 6.07 Å². The van der Waals surface area contributed by atoms with Gasteiger partial charge in [-0.2, -0.15) is 13.2 Å². The fraction of sp³-hybridized carbons (Fsp3) is 0.250. The summed E-state index contributed by atoms with van der Waals surface area (Å²) in [7, 11) is 1.15. The Bertz CT molecular complexity index is 389. The van der Waals surface area contributed by atoms with Gasteiger partial charge < -0.3 is 9.84 Å². The molecular weight excluding hydrogens is 215 g/mol. The molecule has 0 fully saturated rings. The van der Waals surface area contributed by atoms with Gasteiger partial charge in [0.2, 0.25) is 0 Å². The second-order valence-electron chi connectivity index (χ2n) is 2.57. The number of aromatic nitrogens is 1. The third-order valence-electron chi connectivity index (χ3n) is 1.61. The van der Waals surface area contributed by atoms with Crippen LogP contribution in [0.25, 0.3) is 0 Å². The van der Waals surface area contributed by atoms with E-state index in [4.69, 9.17) is 5.11 Å². The lowest BCUT2D eigenvalue weighted by molar-refractivity contribution is -0.141. The highest BCUT2D eigenvalue weighted by Crippen LogP contribution is 2.30. The van der Waals surface area contributed by atoms with Gasteiger partial charge in [0.15, 0.2) is 5.75 Å². The number of carboxylic acid groups (broad SMARTS) is 1. The molecule has 0 aliphatic heterocycles. The van der Waals surface area contributed by atoms with E-state index >= 15 is 0 Å². The largest absolute Gasteiger partial charge is 0.494 e. The maximum absolute atomic E-state index is 12.2. The van der Waals surface area contributed by atoms with Crippen molar-refractivity contribution < 1.29 is 27.8 Å². The molecule has 82 valence electrons. The number of halogens is 3. The lowest BCUT2D eigenvalue weighted by atomic mass is 10.2. The van der Waals surface area contributed by atoms with Crippen LogP contribution in [0.1, 0.15) is 16.1 Å². The number of pyridine rings is 1. The van der Waals surface area contributed by atoms with E-state index in [9.17, 15) is 18.0 Å². The van der Waals surface area contributed by atoms with Gasteiger partial charge in [-0.15, -0.1) is 0 Å². The fourth-order valence-electron chi connectivity index (χ4n) is 0.928. The van der Waals surface area contributed by atoms with E-state index in [0.717, 1.165) is 13.3 Å². The maximum atomic E-state index is 12.2. The molecule has 1 rings (SSSR count). The molecule has 0 saturated carbocycles. The number of hydrogen-bond donors (Lipinski definition) is 1. The zero-order valence-electron chi connectivity index (χ0n) is 7.50. The Balaban J connectivity index is 3.28. The van der Waals surface area contributed by atoms with Gasteiger partial charge in [0.1, 0.15) is 11.3 Å². The molecule has 1 heterocycles. The summed E-state index contributed by atoms with van der Waals surface area (Å²) in [4.78, 5) is 13.6. The first kappa shape index (κ1) is 11.3. The van der Waals surface area contributed by atoms with Crippen LogP contribution in [0, 0.1) is 0 Å². The van der Waals surface area contributed by atoms with Crippen molar-refractivity contribution in [3.05, 3.63) is 23.5 Å². The molecule has 0 atom stereocenters. The third-order valence-corrected chi connectivity index (χ3v) is 1.61. The maximum Gasteiger partial charge on any atom is 0.433 e. The topological polar surface area (TPSA) is 59.4 Å². The predicted octanol–water partition coefficient (Wildman–Crippen LogP) is 1.81. The number of carboxylic acids is 1. The van der Waals surface area contributed by atoms with E-state index in [1.165, 1.54) is 0 Å². The van der Waals surface area contributed by atoms with Gasteiger partial charge in [0.05, 0.1) is 13.3 Å². The van der Waals surface area contributed by atoms with Crippen LogP contribution >= 0.6 is 0 Å². The summed E-state index contributed by atoms with van der Waals surface area (Å²) in [5.74, 6) is -1.71. The molecule has 1 aromatic rings. The average Bonchev–Trinajstić information content (AvgIpc) is 2.15. The molecule has 1 N–H and O–H groups in total. The number of nitrogens with zero attached hydrogens (tertiary/aromatic N) is 1. The number of hydrogen-bond acceptors (Lipinski definition) is 3. The molecule has 0 saturated heterocycles. The highest BCUT2D eigenvalue weighted by Gasteiger charge is 2.33. The van der Waals surface area contributed by atoms with Gasteiger partial charge in [-0.1, -0.05) is 0 Å². The van der Waals surface area contributed by atoms with E-state index < -0.39 is 23.4 Å². The van der Waals surface area contributed by atoms with Crippen LogP contribution in [0.15, 0.2) is 12.3 Å². The van der Waals surface area contributed by atoms with Crippen molar-refractivity contribution in [3.8, 4) is 5.75 Å². The molecule has 0 aromatic carbocycles. The Morgan fingerprint density at radius 1 is 1.53 bits per heavy atom. The summed E-state index contributed by atoms with van der Waals surface area (Å²) in [6, 6.07) is 0.432. The second kappa shape index (κ2) is 3.76. The van der Waals surface area contributed by atoms with Crippen molar-refractivity contribution >= 4 is 5.97 Å². The minimum absolute atomic E-state index is 0.212. The zero-order valence-corrected chi connectivity index (χ0v) is 7.50. The van der Waals surface area contributed by atoms with Gasteiger partial charge in [-0.3, -0.25) is 0 Å². The number of alkyl halides is 3. The summed E-state index contributed by atoms with van der Waals surface area (Å²) in [5, 5.41) is 8.61. The average molecular weight is 221 g/mol. The summed E-state index contributed by atoms with van der Waals surface area (Å²) in [5.41, 5.74) is -1.83. The van der Waals surface area contributed by atoms with Gasteiger partial charge in [0, 0.05) is 0 Å². The van der Waals surface area contributed by atoms with E-state index in [1.807, 2.05) is 0 Å². The van der Waals surface area contributed by atoms with E-state index in [0.29, 0.717) is 6.07 Å². The van der Waals surface area contributed by atoms with Gasteiger partial charge in [0.25, 0.3) is 0 Å². The van der Waals surface area contributed by atoms with Crippen molar-refractivity contribution in [2.45, 2.75) is 6.18 Å². The number of methoxy groups -OCH3 is 1. The van der Waals surface area contributed by atoms with E-state index in [-0.39, 0.29) is 5.75 Å². The molecule has 1 aromatic heterocycles. The Kier molecular flexibility index (Phi) is 2.83. The molecule has 7 heteroatoms. The van der Waals surface area contributed by atoms with Crippen LogP contribution in [0.2, 0.25) is 0 Å². The third kappa shape index (κ3) is 2.36. The first-order valence-corrected chi connectivity index (χ1v) is 3.70. The Morgan fingerprint density at radius 2 is 2.13 bits per heavy atom. The van der Waals surface area contributed by atoms with Crippen molar-refractivity contribution in [2.24, 2.45) is 0 Å². The van der Waals surface area contributed by atoms with Gasteiger partial charge in [-0.25, -0.2) is 9.78 Å². The van der Waals surface area contributed by atoms with Crippen LogP contribution in [-0.4, -0.2) is 23.2 Å². The van der Waals surface area contributed by atoms with Gasteiger partial charge >= 0.3 is 12.1 Å². The Morgan fingerprint density at radius 3 is 2.53 bits per heavy atom. The van der Waals surface area contributed by atoms with Crippen LogP contribution in [0.4, 0.5) is 13.2 Å². The lowest BCUT2D eigenvalue weighted by Crippen LogP contribution is -2.11. The van der Waals surface area contributed by atoms with Crippen molar-refractivity contribution in [1.29, 1.82) is 0 Å². The molecule has 0 amide bonds. The summed E-state index contributed by atoms with van der Waals surface area (Å²) >= 11 is 0. The lowest BCUT2D eigenvalue weighted by Gasteiger charge is -2.08. The van der Waals surface area contributed by atoms with Crippen molar-refractivity contribution in [1.82, 2.24) is 4.98 Å². The number of ether oxygens (including phenoxy) is 1. The predicted molar refractivity (Wildman–Crippen MR) is 42.8 cm³/mol. The normalized spacial score (nSPS) is 11.2. The monoisotopic (exact) mass is 221 g/mol. The first-order valence-electron chi connectivity index (χ1n) is 3.70. The molecule has 0 unspecified atom stereocenters. The van der Waals surface area contributed by atoms with E-state index in [1.54, 1.807) is 0 Å².